The highest BCUT2D eigenvalue weighted by Gasteiger charge is 2.33. The maximum atomic E-state index is 11.4. The Kier molecular flexibility index (Phi) is 3.84. The predicted octanol–water partition coefficient (Wildman–Crippen LogP) is 3.34. The number of aromatic nitrogens is 3. The molecule has 130 valence electrons. The lowest BCUT2D eigenvalue weighted by molar-refractivity contribution is 0.0685. The summed E-state index contributed by atoms with van der Waals surface area (Å²) in [5.41, 5.74) is 4.76. The molecule has 0 bridgehead atoms. The predicted molar refractivity (Wildman–Crippen MR) is 95.5 cm³/mol. The van der Waals surface area contributed by atoms with E-state index in [9.17, 15) is 9.90 Å². The van der Waals surface area contributed by atoms with Gasteiger partial charge in [-0.1, -0.05) is 32.0 Å². The number of H-pyrrole nitrogens is 2. The van der Waals surface area contributed by atoms with Gasteiger partial charge in [0.15, 0.2) is 0 Å². The lowest BCUT2D eigenvalue weighted by Gasteiger charge is -2.38. The number of carboxylic acids is 1. The van der Waals surface area contributed by atoms with Crippen molar-refractivity contribution < 1.29 is 9.90 Å². The molecule has 3 aromatic rings. The molecule has 1 aliphatic rings. The minimum atomic E-state index is -0.961. The number of fused-ring (bicyclic) bond motifs is 3. The first-order valence-electron chi connectivity index (χ1n) is 8.65. The molecule has 25 heavy (non-hydrogen) atoms. The zero-order valence-electron chi connectivity index (χ0n) is 14.4. The number of para-hydroxylation sites is 1. The Morgan fingerprint density at radius 2 is 2.20 bits per heavy atom. The number of hydrogen-bond donors (Lipinski definition) is 3. The number of aromatic carboxylic acids is 1. The number of aromatic amines is 2. The third-order valence-corrected chi connectivity index (χ3v) is 5.12. The van der Waals surface area contributed by atoms with Gasteiger partial charge in [0.2, 0.25) is 0 Å². The van der Waals surface area contributed by atoms with Gasteiger partial charge in [-0.2, -0.15) is 5.10 Å². The van der Waals surface area contributed by atoms with Gasteiger partial charge in [0, 0.05) is 35.2 Å². The van der Waals surface area contributed by atoms with E-state index in [0.29, 0.717) is 12.5 Å². The van der Waals surface area contributed by atoms with Crippen LogP contribution >= 0.6 is 0 Å². The molecule has 1 aromatic carbocycles. The molecule has 1 unspecified atom stereocenters. The van der Waals surface area contributed by atoms with Crippen molar-refractivity contribution in [3.8, 4) is 0 Å². The quantitative estimate of drug-likeness (QED) is 0.681. The number of nitrogens with one attached hydrogen (secondary N) is 2. The third-order valence-electron chi connectivity index (χ3n) is 5.12. The van der Waals surface area contributed by atoms with E-state index < -0.39 is 5.97 Å². The van der Waals surface area contributed by atoms with Crippen LogP contribution in [0.25, 0.3) is 10.9 Å². The van der Waals surface area contributed by atoms with E-state index in [1.165, 1.54) is 22.2 Å². The van der Waals surface area contributed by atoms with Crippen molar-refractivity contribution in [2.75, 3.05) is 6.54 Å². The zero-order valence-corrected chi connectivity index (χ0v) is 14.4. The number of rotatable bonds is 4. The fraction of sp³-hybridized carbons (Fsp3) is 0.368. The van der Waals surface area contributed by atoms with Crippen LogP contribution in [0.2, 0.25) is 0 Å². The summed E-state index contributed by atoms with van der Waals surface area (Å²) in [5.74, 6) is -0.552. The van der Waals surface area contributed by atoms with Gasteiger partial charge in [0.05, 0.1) is 12.2 Å². The number of carboxylic acid groups (broad SMARTS) is 1. The van der Waals surface area contributed by atoms with Gasteiger partial charge in [-0.15, -0.1) is 0 Å². The number of nitrogens with zero attached hydrogens (tertiary/aromatic N) is 2. The molecule has 1 atom stereocenters. The smallest absolute Gasteiger partial charge is 0.354 e. The molecule has 0 amide bonds. The minimum absolute atomic E-state index is 0.185. The summed E-state index contributed by atoms with van der Waals surface area (Å²) < 4.78 is 0. The van der Waals surface area contributed by atoms with Gasteiger partial charge in [-0.05, 0) is 24.0 Å². The molecular weight excluding hydrogens is 316 g/mol. The normalized spacial score (nSPS) is 18.0. The number of carbonyl (C=O) groups is 1. The van der Waals surface area contributed by atoms with E-state index in [-0.39, 0.29) is 11.7 Å². The second-order valence-corrected chi connectivity index (χ2v) is 7.05. The van der Waals surface area contributed by atoms with E-state index >= 15 is 0 Å². The van der Waals surface area contributed by atoms with Gasteiger partial charge in [-0.3, -0.25) is 10.00 Å². The van der Waals surface area contributed by atoms with Crippen LogP contribution in [0.5, 0.6) is 0 Å². The molecule has 0 saturated carbocycles. The summed E-state index contributed by atoms with van der Waals surface area (Å²) in [6, 6.07) is 8.66. The molecule has 4 rings (SSSR count). The Balaban J connectivity index is 1.72. The summed E-state index contributed by atoms with van der Waals surface area (Å²) in [6.45, 7) is 5.91. The van der Waals surface area contributed by atoms with Crippen LogP contribution in [0, 0.1) is 5.92 Å². The lowest BCUT2D eigenvalue weighted by Crippen LogP contribution is -2.37. The van der Waals surface area contributed by atoms with E-state index in [2.05, 4.69) is 58.2 Å². The first-order valence-corrected chi connectivity index (χ1v) is 8.65. The fourth-order valence-corrected chi connectivity index (χ4v) is 4.09. The minimum Gasteiger partial charge on any atom is -0.477 e. The van der Waals surface area contributed by atoms with Crippen LogP contribution in [-0.4, -0.2) is 37.7 Å². The van der Waals surface area contributed by atoms with Crippen LogP contribution in [0.15, 0.2) is 30.5 Å². The van der Waals surface area contributed by atoms with E-state index in [1.54, 1.807) is 6.20 Å². The second-order valence-electron chi connectivity index (χ2n) is 7.05. The maximum absolute atomic E-state index is 11.4. The van der Waals surface area contributed by atoms with Crippen molar-refractivity contribution in [1.82, 2.24) is 20.1 Å². The molecule has 0 fully saturated rings. The average Bonchev–Trinajstić information content (AvgIpc) is 3.18. The lowest BCUT2D eigenvalue weighted by atomic mass is 9.90. The molecule has 0 spiro atoms. The monoisotopic (exact) mass is 338 g/mol. The molecule has 3 N–H and O–H groups in total. The molecule has 6 nitrogen and oxygen atoms in total. The van der Waals surface area contributed by atoms with Crippen molar-refractivity contribution >= 4 is 16.9 Å². The molecule has 0 radical (unpaired) electrons. The molecule has 1 aliphatic heterocycles. The standard InChI is InChI=1S/C19H22N4O2/c1-11(2)18-17-14(13-5-3-4-6-15(13)21-17)7-8-23(18)10-12-9-20-22-16(12)19(24)25/h3-6,9,11,18,21H,7-8,10H2,1-2H3,(H,20,22)(H,24,25). The second kappa shape index (κ2) is 6.04. The van der Waals surface area contributed by atoms with Crippen molar-refractivity contribution in [1.29, 1.82) is 0 Å². The van der Waals surface area contributed by atoms with E-state index in [0.717, 1.165) is 18.5 Å². The molecule has 6 heteroatoms. The molecular formula is C19H22N4O2. The number of benzene rings is 1. The van der Waals surface area contributed by atoms with Gasteiger partial charge in [-0.25, -0.2) is 4.79 Å². The average molecular weight is 338 g/mol. The maximum Gasteiger partial charge on any atom is 0.354 e. The zero-order chi connectivity index (χ0) is 17.6. The van der Waals surface area contributed by atoms with Gasteiger partial charge in [0.1, 0.15) is 5.69 Å². The number of hydrogen-bond acceptors (Lipinski definition) is 3. The van der Waals surface area contributed by atoms with Crippen molar-refractivity contribution in [3.05, 3.63) is 53.0 Å². The Labute approximate surface area is 145 Å². The molecule has 0 aliphatic carbocycles. The highest BCUT2D eigenvalue weighted by atomic mass is 16.4. The molecule has 2 aromatic heterocycles. The Hall–Kier alpha value is -2.60. The Morgan fingerprint density at radius 3 is 2.96 bits per heavy atom. The summed E-state index contributed by atoms with van der Waals surface area (Å²) in [5, 5.41) is 17.1. The van der Waals surface area contributed by atoms with E-state index in [4.69, 9.17) is 0 Å². The largest absolute Gasteiger partial charge is 0.477 e. The molecule has 0 saturated heterocycles. The summed E-state index contributed by atoms with van der Waals surface area (Å²) in [4.78, 5) is 17.3. The summed E-state index contributed by atoms with van der Waals surface area (Å²) >= 11 is 0. The Morgan fingerprint density at radius 1 is 1.40 bits per heavy atom. The first-order chi connectivity index (χ1) is 12.1. The van der Waals surface area contributed by atoms with Gasteiger partial charge < -0.3 is 10.1 Å². The highest BCUT2D eigenvalue weighted by molar-refractivity contribution is 5.87. The van der Waals surface area contributed by atoms with Crippen LogP contribution in [0.3, 0.4) is 0 Å². The third kappa shape index (κ3) is 2.62. The SMILES string of the molecule is CC(C)C1c2[nH]c3ccccc3c2CCN1Cc1cn[nH]c1C(=O)O. The van der Waals surface area contributed by atoms with Crippen molar-refractivity contribution in [2.45, 2.75) is 32.9 Å². The van der Waals surface area contributed by atoms with Crippen LogP contribution in [0.4, 0.5) is 0 Å². The molecule has 3 heterocycles. The topological polar surface area (TPSA) is 85.0 Å². The first kappa shape index (κ1) is 15.9. The highest BCUT2D eigenvalue weighted by Crippen LogP contribution is 2.39. The van der Waals surface area contributed by atoms with Crippen molar-refractivity contribution in [2.24, 2.45) is 5.92 Å². The van der Waals surface area contributed by atoms with Crippen LogP contribution in [-0.2, 0) is 13.0 Å². The summed E-state index contributed by atoms with van der Waals surface area (Å²) in [7, 11) is 0. The van der Waals surface area contributed by atoms with Crippen molar-refractivity contribution in [3.63, 3.8) is 0 Å². The Bertz CT molecular complexity index is 925. The van der Waals surface area contributed by atoms with Gasteiger partial charge in [0.25, 0.3) is 0 Å². The van der Waals surface area contributed by atoms with E-state index in [1.807, 2.05) is 0 Å². The van der Waals surface area contributed by atoms with Gasteiger partial charge >= 0.3 is 5.97 Å². The van der Waals surface area contributed by atoms with Crippen LogP contribution in [0.1, 0.15) is 47.2 Å². The van der Waals surface area contributed by atoms with Crippen LogP contribution < -0.4 is 0 Å². The summed E-state index contributed by atoms with van der Waals surface area (Å²) in [6.07, 6.45) is 2.59. The fourth-order valence-electron chi connectivity index (χ4n) is 4.09.